The number of hydrogen-bond donors (Lipinski definition) is 3. The van der Waals surface area contributed by atoms with E-state index in [0.29, 0.717) is 0 Å². The molecule has 108 valence electrons. The number of nitrogens with two attached hydrogens (primary N) is 1. The van der Waals surface area contributed by atoms with Gasteiger partial charge in [0.15, 0.2) is 0 Å². The number of benzene rings is 2. The lowest BCUT2D eigenvalue weighted by Crippen LogP contribution is -2.11. The summed E-state index contributed by atoms with van der Waals surface area (Å²) in [7, 11) is 0. The summed E-state index contributed by atoms with van der Waals surface area (Å²) in [5.41, 5.74) is 9.92. The van der Waals surface area contributed by atoms with E-state index in [0.717, 1.165) is 30.8 Å². The zero-order valence-electron chi connectivity index (χ0n) is 11.4. The van der Waals surface area contributed by atoms with Crippen LogP contribution in [0, 0.1) is 10.1 Å². The molecule has 21 heavy (non-hydrogen) atoms. The Morgan fingerprint density at radius 2 is 1.95 bits per heavy atom. The molecule has 6 heteroatoms. The van der Waals surface area contributed by atoms with Gasteiger partial charge >= 0.3 is 0 Å². The van der Waals surface area contributed by atoms with Gasteiger partial charge in [0.2, 0.25) is 0 Å². The van der Waals surface area contributed by atoms with E-state index in [1.165, 1.54) is 17.3 Å². The molecule has 2 aromatic rings. The fourth-order valence-electron chi connectivity index (χ4n) is 2.52. The summed E-state index contributed by atoms with van der Waals surface area (Å²) in [6.45, 7) is 1.01. The minimum atomic E-state index is -0.482. The highest BCUT2D eigenvalue weighted by molar-refractivity contribution is 5.71. The Morgan fingerprint density at radius 3 is 2.71 bits per heavy atom. The fraction of sp³-hybridized carbons (Fsp3) is 0.200. The third kappa shape index (κ3) is 2.74. The number of hydrogen-bond acceptors (Lipinski definition) is 5. The monoisotopic (exact) mass is 284 g/mol. The van der Waals surface area contributed by atoms with Crippen LogP contribution in [0.3, 0.4) is 0 Å². The molecule has 4 N–H and O–H groups in total. The number of nitrogens with one attached hydrogen (secondary N) is 2. The minimum absolute atomic E-state index is 0.0739. The molecule has 6 nitrogen and oxygen atoms in total. The maximum Gasteiger partial charge on any atom is 0.292 e. The standard InChI is InChI=1S/C15H16N4O2/c16-13-9-12(4-6-15(13)19(20)21)18-11-3-5-14-10(8-11)2-1-7-17-14/h3-6,8-9,17-18H,1-2,7,16H2. The van der Waals surface area contributed by atoms with Crippen molar-refractivity contribution in [3.8, 4) is 0 Å². The van der Waals surface area contributed by atoms with Gasteiger partial charge in [-0.1, -0.05) is 0 Å². The summed E-state index contributed by atoms with van der Waals surface area (Å²) in [6, 6.07) is 10.8. The Bertz CT molecular complexity index is 700. The normalized spacial score (nSPS) is 13.1. The zero-order valence-corrected chi connectivity index (χ0v) is 11.4. The molecule has 0 bridgehead atoms. The molecule has 0 aliphatic carbocycles. The summed E-state index contributed by atoms with van der Waals surface area (Å²) in [6.07, 6.45) is 2.18. The molecular formula is C15H16N4O2. The van der Waals surface area contributed by atoms with Crippen LogP contribution >= 0.6 is 0 Å². The maximum absolute atomic E-state index is 10.8. The molecule has 0 fully saturated rings. The number of anilines is 4. The lowest BCUT2D eigenvalue weighted by molar-refractivity contribution is -0.383. The highest BCUT2D eigenvalue weighted by Crippen LogP contribution is 2.29. The molecule has 2 aromatic carbocycles. The molecule has 1 aliphatic heterocycles. The maximum atomic E-state index is 10.8. The van der Waals surface area contributed by atoms with Crippen LogP contribution in [-0.2, 0) is 6.42 Å². The van der Waals surface area contributed by atoms with E-state index in [1.54, 1.807) is 12.1 Å². The predicted molar refractivity (Wildman–Crippen MR) is 84.0 cm³/mol. The number of aryl methyl sites for hydroxylation is 1. The Balaban J connectivity index is 1.83. The van der Waals surface area contributed by atoms with Gasteiger partial charge in [-0.25, -0.2) is 0 Å². The van der Waals surface area contributed by atoms with Crippen LogP contribution in [0.4, 0.5) is 28.4 Å². The van der Waals surface area contributed by atoms with E-state index < -0.39 is 4.92 Å². The van der Waals surface area contributed by atoms with Gasteiger partial charge in [-0.2, -0.15) is 0 Å². The van der Waals surface area contributed by atoms with Crippen molar-refractivity contribution in [1.29, 1.82) is 0 Å². The number of nitrogens with zero attached hydrogens (tertiary/aromatic N) is 1. The SMILES string of the molecule is Nc1cc(Nc2ccc3c(c2)CCCN3)ccc1[N+](=O)[O-]. The average Bonchev–Trinajstić information content (AvgIpc) is 2.47. The predicted octanol–water partition coefficient (Wildman–Crippen LogP) is 3.28. The van der Waals surface area contributed by atoms with Crippen LogP contribution in [0.5, 0.6) is 0 Å². The largest absolute Gasteiger partial charge is 0.393 e. The number of nitro groups is 1. The van der Waals surface area contributed by atoms with Crippen molar-refractivity contribution >= 4 is 28.4 Å². The van der Waals surface area contributed by atoms with Crippen molar-refractivity contribution in [2.24, 2.45) is 0 Å². The summed E-state index contributed by atoms with van der Waals surface area (Å²) in [5.74, 6) is 0. The third-order valence-corrected chi connectivity index (χ3v) is 3.56. The van der Waals surface area contributed by atoms with Crippen LogP contribution in [0.15, 0.2) is 36.4 Å². The van der Waals surface area contributed by atoms with Gasteiger partial charge in [0.05, 0.1) is 4.92 Å². The molecule has 1 heterocycles. The number of nitrogen functional groups attached to an aromatic ring is 1. The molecular weight excluding hydrogens is 268 g/mol. The Labute approximate surface area is 122 Å². The van der Waals surface area contributed by atoms with E-state index in [-0.39, 0.29) is 11.4 Å². The minimum Gasteiger partial charge on any atom is -0.393 e. The van der Waals surface area contributed by atoms with Crippen LogP contribution in [0.2, 0.25) is 0 Å². The molecule has 1 aliphatic rings. The molecule has 0 aromatic heterocycles. The Morgan fingerprint density at radius 1 is 1.19 bits per heavy atom. The number of rotatable bonds is 3. The van der Waals surface area contributed by atoms with Crippen LogP contribution in [0.1, 0.15) is 12.0 Å². The summed E-state index contributed by atoms with van der Waals surface area (Å²) >= 11 is 0. The molecule has 0 saturated heterocycles. The van der Waals surface area contributed by atoms with Crippen LogP contribution in [-0.4, -0.2) is 11.5 Å². The first kappa shape index (κ1) is 13.2. The zero-order chi connectivity index (χ0) is 14.8. The van der Waals surface area contributed by atoms with Gasteiger partial charge in [-0.05, 0) is 48.7 Å². The summed E-state index contributed by atoms with van der Waals surface area (Å²) in [4.78, 5) is 10.3. The second-order valence-corrected chi connectivity index (χ2v) is 5.06. The number of nitro benzene ring substituents is 1. The second kappa shape index (κ2) is 5.32. The van der Waals surface area contributed by atoms with Crippen molar-refractivity contribution in [3.05, 3.63) is 52.1 Å². The van der Waals surface area contributed by atoms with Crippen LogP contribution < -0.4 is 16.4 Å². The molecule has 0 spiro atoms. The van der Waals surface area contributed by atoms with Crippen molar-refractivity contribution in [2.75, 3.05) is 22.9 Å². The second-order valence-electron chi connectivity index (χ2n) is 5.06. The molecule has 0 saturated carbocycles. The van der Waals surface area contributed by atoms with E-state index in [1.807, 2.05) is 12.1 Å². The van der Waals surface area contributed by atoms with Gasteiger partial charge in [0, 0.05) is 29.7 Å². The Kier molecular flexibility index (Phi) is 3.35. The topological polar surface area (TPSA) is 93.2 Å². The van der Waals surface area contributed by atoms with Crippen molar-refractivity contribution in [3.63, 3.8) is 0 Å². The lowest BCUT2D eigenvalue weighted by atomic mass is 10.0. The first-order valence-electron chi connectivity index (χ1n) is 6.81. The van der Waals surface area contributed by atoms with Gasteiger partial charge in [0.1, 0.15) is 5.69 Å². The molecule has 0 unspecified atom stereocenters. The third-order valence-electron chi connectivity index (χ3n) is 3.56. The van der Waals surface area contributed by atoms with Gasteiger partial charge in [-0.3, -0.25) is 10.1 Å². The fourth-order valence-corrected chi connectivity index (χ4v) is 2.52. The molecule has 0 atom stereocenters. The van der Waals surface area contributed by atoms with Crippen LogP contribution in [0.25, 0.3) is 0 Å². The van der Waals surface area contributed by atoms with Crippen molar-refractivity contribution < 1.29 is 4.92 Å². The van der Waals surface area contributed by atoms with E-state index in [4.69, 9.17) is 5.73 Å². The van der Waals surface area contributed by atoms with E-state index in [2.05, 4.69) is 16.7 Å². The first-order chi connectivity index (χ1) is 10.1. The first-order valence-corrected chi connectivity index (χ1v) is 6.81. The Hall–Kier alpha value is -2.76. The molecule has 0 radical (unpaired) electrons. The number of fused-ring (bicyclic) bond motifs is 1. The van der Waals surface area contributed by atoms with Crippen molar-refractivity contribution in [2.45, 2.75) is 12.8 Å². The molecule has 3 rings (SSSR count). The van der Waals surface area contributed by atoms with E-state index >= 15 is 0 Å². The molecule has 0 amide bonds. The highest BCUT2D eigenvalue weighted by Gasteiger charge is 2.12. The summed E-state index contributed by atoms with van der Waals surface area (Å²) < 4.78 is 0. The quantitative estimate of drug-likeness (QED) is 0.457. The van der Waals surface area contributed by atoms with Gasteiger partial charge in [-0.15, -0.1) is 0 Å². The van der Waals surface area contributed by atoms with Gasteiger partial charge < -0.3 is 16.4 Å². The van der Waals surface area contributed by atoms with Crippen molar-refractivity contribution in [1.82, 2.24) is 0 Å². The highest BCUT2D eigenvalue weighted by atomic mass is 16.6. The summed E-state index contributed by atoms with van der Waals surface area (Å²) in [5, 5.41) is 17.3. The van der Waals surface area contributed by atoms with E-state index in [9.17, 15) is 10.1 Å². The van der Waals surface area contributed by atoms with Gasteiger partial charge in [0.25, 0.3) is 5.69 Å². The smallest absolute Gasteiger partial charge is 0.292 e. The lowest BCUT2D eigenvalue weighted by Gasteiger charge is -2.19. The average molecular weight is 284 g/mol.